The van der Waals surface area contributed by atoms with Gasteiger partial charge >= 0.3 is 0 Å². The van der Waals surface area contributed by atoms with Crippen LogP contribution in [-0.4, -0.2) is 31.1 Å². The number of hydrogen-bond donors (Lipinski definition) is 0. The molecule has 0 N–H and O–H groups in total. The van der Waals surface area contributed by atoms with Crippen molar-refractivity contribution in [3.8, 4) is 5.75 Å². The Morgan fingerprint density at radius 2 is 1.39 bits per heavy atom. The maximum atomic E-state index is 13.4. The number of benzene rings is 3. The average molecular weight is 416 g/mol. The quantitative estimate of drug-likeness (QED) is 0.400. The second kappa shape index (κ2) is 10.4. The largest absolute Gasteiger partial charge is 0.492 e. The standard InChI is InChI=1S/C28H30FNO/c1-22(23-10-14-26(29)15-11-23)28(24-8-4-2-5-9-24)25-12-16-27(17-13-25)31-21-20-30-18-6-3-7-19-30/h2,4-5,8-17H,3,6-7,18-21H2,1H3/b28-22-. The number of rotatable bonds is 7. The summed E-state index contributed by atoms with van der Waals surface area (Å²) in [6.45, 7) is 6.18. The Kier molecular flexibility index (Phi) is 7.16. The fraction of sp³-hybridized carbons (Fsp3) is 0.286. The Balaban J connectivity index is 1.54. The SMILES string of the molecule is C/C(=C(\c1ccccc1)c1ccc(OCCN2CCCCC2)cc1)c1ccc(F)cc1. The smallest absolute Gasteiger partial charge is 0.123 e. The van der Waals surface area contributed by atoms with Crippen LogP contribution in [0.5, 0.6) is 5.75 Å². The Morgan fingerprint density at radius 1 is 0.774 bits per heavy atom. The van der Waals surface area contributed by atoms with Crippen molar-refractivity contribution in [2.75, 3.05) is 26.2 Å². The molecular weight excluding hydrogens is 385 g/mol. The van der Waals surface area contributed by atoms with Crippen LogP contribution in [0, 0.1) is 5.82 Å². The van der Waals surface area contributed by atoms with E-state index in [1.165, 1.54) is 44.5 Å². The van der Waals surface area contributed by atoms with Crippen LogP contribution in [0.3, 0.4) is 0 Å². The third-order valence-corrected chi connectivity index (χ3v) is 5.98. The van der Waals surface area contributed by atoms with Crippen molar-refractivity contribution >= 4 is 11.1 Å². The van der Waals surface area contributed by atoms with Gasteiger partial charge in [-0.2, -0.15) is 0 Å². The molecule has 2 nitrogen and oxygen atoms in total. The Hall–Kier alpha value is -2.91. The van der Waals surface area contributed by atoms with Crippen LogP contribution in [0.4, 0.5) is 4.39 Å². The maximum absolute atomic E-state index is 13.4. The van der Waals surface area contributed by atoms with E-state index in [2.05, 4.69) is 36.1 Å². The Morgan fingerprint density at radius 3 is 2.06 bits per heavy atom. The first-order chi connectivity index (χ1) is 15.2. The van der Waals surface area contributed by atoms with Crippen molar-refractivity contribution in [2.24, 2.45) is 0 Å². The highest BCUT2D eigenvalue weighted by atomic mass is 19.1. The summed E-state index contributed by atoms with van der Waals surface area (Å²) < 4.78 is 19.4. The van der Waals surface area contributed by atoms with E-state index in [0.717, 1.165) is 46.7 Å². The minimum atomic E-state index is -0.219. The van der Waals surface area contributed by atoms with Gasteiger partial charge in [-0.15, -0.1) is 0 Å². The fourth-order valence-electron chi connectivity index (χ4n) is 4.24. The lowest BCUT2D eigenvalue weighted by molar-refractivity contribution is 0.183. The van der Waals surface area contributed by atoms with Gasteiger partial charge in [0.05, 0.1) is 0 Å². The molecule has 1 aliphatic rings. The van der Waals surface area contributed by atoms with Gasteiger partial charge < -0.3 is 4.74 Å². The third-order valence-electron chi connectivity index (χ3n) is 5.98. The normalized spacial score (nSPS) is 15.4. The van der Waals surface area contributed by atoms with Gasteiger partial charge in [-0.25, -0.2) is 4.39 Å². The molecule has 0 aromatic heterocycles. The summed E-state index contributed by atoms with van der Waals surface area (Å²) >= 11 is 0. The van der Waals surface area contributed by atoms with Crippen molar-refractivity contribution in [3.05, 3.63) is 101 Å². The molecule has 3 heteroatoms. The molecule has 1 heterocycles. The average Bonchev–Trinajstić information content (AvgIpc) is 2.82. The molecular formula is C28H30FNO. The summed E-state index contributed by atoms with van der Waals surface area (Å²) in [4.78, 5) is 2.49. The predicted octanol–water partition coefficient (Wildman–Crippen LogP) is 6.67. The van der Waals surface area contributed by atoms with E-state index < -0.39 is 0 Å². The molecule has 3 aromatic rings. The van der Waals surface area contributed by atoms with E-state index in [4.69, 9.17) is 4.74 Å². The third kappa shape index (κ3) is 5.62. The maximum Gasteiger partial charge on any atom is 0.123 e. The lowest BCUT2D eigenvalue weighted by Gasteiger charge is -2.26. The summed E-state index contributed by atoms with van der Waals surface area (Å²) in [5.74, 6) is 0.677. The molecule has 0 saturated carbocycles. The molecule has 0 aliphatic carbocycles. The molecule has 1 saturated heterocycles. The van der Waals surface area contributed by atoms with Crippen LogP contribution >= 0.6 is 0 Å². The highest BCUT2D eigenvalue weighted by molar-refractivity contribution is 5.97. The topological polar surface area (TPSA) is 12.5 Å². The van der Waals surface area contributed by atoms with E-state index in [9.17, 15) is 4.39 Å². The fourth-order valence-corrected chi connectivity index (χ4v) is 4.24. The van der Waals surface area contributed by atoms with Crippen LogP contribution in [0.25, 0.3) is 11.1 Å². The van der Waals surface area contributed by atoms with Gasteiger partial charge in [0.15, 0.2) is 0 Å². The molecule has 160 valence electrons. The summed E-state index contributed by atoms with van der Waals surface area (Å²) in [7, 11) is 0. The first-order valence-electron chi connectivity index (χ1n) is 11.2. The minimum absolute atomic E-state index is 0.219. The highest BCUT2D eigenvalue weighted by Gasteiger charge is 2.12. The van der Waals surface area contributed by atoms with Gasteiger partial charge in [0.25, 0.3) is 0 Å². The summed E-state index contributed by atoms with van der Waals surface area (Å²) in [6, 6.07) is 25.4. The van der Waals surface area contributed by atoms with Gasteiger partial charge in [0, 0.05) is 6.54 Å². The van der Waals surface area contributed by atoms with Gasteiger partial charge in [-0.3, -0.25) is 4.90 Å². The number of halogens is 1. The lowest BCUT2D eigenvalue weighted by atomic mass is 9.90. The molecule has 31 heavy (non-hydrogen) atoms. The number of likely N-dealkylation sites (tertiary alicyclic amines) is 1. The van der Waals surface area contributed by atoms with Crippen molar-refractivity contribution < 1.29 is 9.13 Å². The Bertz CT molecular complexity index is 987. The lowest BCUT2D eigenvalue weighted by Crippen LogP contribution is -2.33. The van der Waals surface area contributed by atoms with E-state index in [0.29, 0.717) is 0 Å². The number of hydrogen-bond acceptors (Lipinski definition) is 2. The zero-order chi connectivity index (χ0) is 21.5. The first-order valence-corrected chi connectivity index (χ1v) is 11.2. The molecule has 0 bridgehead atoms. The van der Waals surface area contributed by atoms with Crippen molar-refractivity contribution in [3.63, 3.8) is 0 Å². The molecule has 3 aromatic carbocycles. The zero-order valence-electron chi connectivity index (χ0n) is 18.2. The molecule has 0 amide bonds. The highest BCUT2D eigenvalue weighted by Crippen LogP contribution is 2.33. The van der Waals surface area contributed by atoms with Gasteiger partial charge in [-0.05, 0) is 85.0 Å². The van der Waals surface area contributed by atoms with Crippen LogP contribution in [0.1, 0.15) is 42.9 Å². The number of ether oxygens (including phenoxy) is 1. The molecule has 0 spiro atoms. The van der Waals surface area contributed by atoms with Crippen LogP contribution in [0.15, 0.2) is 78.9 Å². The second-order valence-corrected chi connectivity index (χ2v) is 8.15. The number of nitrogens with zero attached hydrogens (tertiary/aromatic N) is 1. The number of piperidine rings is 1. The van der Waals surface area contributed by atoms with E-state index in [-0.39, 0.29) is 5.82 Å². The van der Waals surface area contributed by atoms with Gasteiger partial charge in [0.2, 0.25) is 0 Å². The molecule has 0 atom stereocenters. The summed E-state index contributed by atoms with van der Waals surface area (Å²) in [5.41, 5.74) is 5.54. The van der Waals surface area contributed by atoms with Gasteiger partial charge in [-0.1, -0.05) is 61.0 Å². The number of allylic oxidation sites excluding steroid dienone is 1. The summed E-state index contributed by atoms with van der Waals surface area (Å²) in [5, 5.41) is 0. The zero-order valence-corrected chi connectivity index (χ0v) is 18.2. The monoisotopic (exact) mass is 415 g/mol. The first kappa shape index (κ1) is 21.3. The molecule has 1 aliphatic heterocycles. The van der Waals surface area contributed by atoms with Crippen LogP contribution in [-0.2, 0) is 0 Å². The van der Waals surface area contributed by atoms with Crippen LogP contribution < -0.4 is 4.74 Å². The van der Waals surface area contributed by atoms with E-state index in [1.807, 2.05) is 42.5 Å². The molecule has 0 unspecified atom stereocenters. The van der Waals surface area contributed by atoms with Crippen molar-refractivity contribution in [1.29, 1.82) is 0 Å². The molecule has 4 rings (SSSR count). The summed E-state index contributed by atoms with van der Waals surface area (Å²) in [6.07, 6.45) is 3.96. The van der Waals surface area contributed by atoms with Crippen LogP contribution in [0.2, 0.25) is 0 Å². The molecule has 1 fully saturated rings. The van der Waals surface area contributed by atoms with Crippen molar-refractivity contribution in [2.45, 2.75) is 26.2 Å². The van der Waals surface area contributed by atoms with E-state index in [1.54, 1.807) is 0 Å². The Labute approximate surface area is 185 Å². The second-order valence-electron chi connectivity index (χ2n) is 8.15. The van der Waals surface area contributed by atoms with E-state index >= 15 is 0 Å². The van der Waals surface area contributed by atoms with Gasteiger partial charge in [0.1, 0.15) is 18.2 Å². The van der Waals surface area contributed by atoms with Crippen molar-refractivity contribution in [1.82, 2.24) is 4.90 Å². The predicted molar refractivity (Wildman–Crippen MR) is 127 cm³/mol. The minimum Gasteiger partial charge on any atom is -0.492 e. The molecule has 0 radical (unpaired) electrons.